The second-order valence-electron chi connectivity index (χ2n) is 8.04. The minimum atomic E-state index is -0.396. The van der Waals surface area contributed by atoms with Crippen molar-refractivity contribution in [3.8, 4) is 11.5 Å². The van der Waals surface area contributed by atoms with Crippen molar-refractivity contribution in [3.05, 3.63) is 81.6 Å². The Kier molecular flexibility index (Phi) is 7.84. The van der Waals surface area contributed by atoms with Gasteiger partial charge in [0, 0.05) is 30.9 Å². The molecule has 7 heteroatoms. The number of halogens is 3. The van der Waals surface area contributed by atoms with E-state index in [1.807, 2.05) is 24.3 Å². The molecule has 1 N–H and O–H groups in total. The van der Waals surface area contributed by atoms with Crippen LogP contribution in [0.3, 0.4) is 0 Å². The van der Waals surface area contributed by atoms with Gasteiger partial charge in [0.25, 0.3) is 0 Å². The molecule has 0 radical (unpaired) electrons. The van der Waals surface area contributed by atoms with Crippen LogP contribution in [-0.4, -0.2) is 20.2 Å². The van der Waals surface area contributed by atoms with Gasteiger partial charge in [-0.15, -0.1) is 0 Å². The Morgan fingerprint density at radius 3 is 2.48 bits per heavy atom. The van der Waals surface area contributed by atoms with Crippen LogP contribution >= 0.6 is 23.2 Å². The molecular weight excluding hydrogens is 462 g/mol. The van der Waals surface area contributed by atoms with E-state index in [-0.39, 0.29) is 6.61 Å². The minimum absolute atomic E-state index is 0.0152. The summed E-state index contributed by atoms with van der Waals surface area (Å²) in [5.74, 6) is 0.696. The third kappa shape index (κ3) is 5.84. The number of hydrogen-bond acceptors (Lipinski definition) is 4. The van der Waals surface area contributed by atoms with Crippen molar-refractivity contribution in [1.29, 1.82) is 0 Å². The van der Waals surface area contributed by atoms with Crippen LogP contribution in [0.15, 0.2) is 54.6 Å². The van der Waals surface area contributed by atoms with Crippen LogP contribution in [0.4, 0.5) is 15.8 Å². The molecule has 174 valence electrons. The average molecular weight is 489 g/mol. The molecule has 0 bridgehead atoms. The molecule has 33 heavy (non-hydrogen) atoms. The SMILES string of the molecule is COc1cc(CNc2ccc(N3CCCCC3)c(Cl)c2)ccc1OCc1c(F)cccc1Cl. The zero-order valence-corrected chi connectivity index (χ0v) is 20.1. The number of benzene rings is 3. The van der Waals surface area contributed by atoms with Gasteiger partial charge in [-0.05, 0) is 67.3 Å². The number of anilines is 2. The van der Waals surface area contributed by atoms with Crippen molar-refractivity contribution in [3.63, 3.8) is 0 Å². The van der Waals surface area contributed by atoms with Crippen molar-refractivity contribution in [1.82, 2.24) is 0 Å². The smallest absolute Gasteiger partial charge is 0.161 e. The third-order valence-electron chi connectivity index (χ3n) is 5.80. The molecule has 3 aromatic rings. The van der Waals surface area contributed by atoms with Gasteiger partial charge in [-0.3, -0.25) is 0 Å². The average Bonchev–Trinajstić information content (AvgIpc) is 2.83. The molecule has 3 aromatic carbocycles. The highest BCUT2D eigenvalue weighted by atomic mass is 35.5. The number of hydrogen-bond donors (Lipinski definition) is 1. The first-order valence-electron chi connectivity index (χ1n) is 11.1. The zero-order valence-electron chi connectivity index (χ0n) is 18.5. The first-order chi connectivity index (χ1) is 16.0. The molecule has 0 aliphatic carbocycles. The van der Waals surface area contributed by atoms with Crippen LogP contribution in [0.2, 0.25) is 10.0 Å². The van der Waals surface area contributed by atoms with Crippen molar-refractivity contribution >= 4 is 34.6 Å². The van der Waals surface area contributed by atoms with Gasteiger partial charge in [-0.25, -0.2) is 4.39 Å². The standard InChI is InChI=1S/C26H27Cl2FN2O2/c1-32-26-14-18(8-11-25(26)33-17-20-21(27)6-5-7-23(20)29)16-30-19-9-10-24(22(28)15-19)31-12-3-2-4-13-31/h5-11,14-15,30H,2-4,12-13,16-17H2,1H3. The van der Waals surface area contributed by atoms with E-state index in [4.69, 9.17) is 32.7 Å². The summed E-state index contributed by atoms with van der Waals surface area (Å²) < 4.78 is 25.3. The Morgan fingerprint density at radius 1 is 0.939 bits per heavy atom. The van der Waals surface area contributed by atoms with E-state index < -0.39 is 5.82 Å². The highest BCUT2D eigenvalue weighted by molar-refractivity contribution is 6.33. The monoisotopic (exact) mass is 488 g/mol. The van der Waals surface area contributed by atoms with Gasteiger partial charge in [0.15, 0.2) is 11.5 Å². The summed E-state index contributed by atoms with van der Waals surface area (Å²) in [5, 5.41) is 4.50. The molecule has 0 unspecified atom stereocenters. The summed E-state index contributed by atoms with van der Waals surface area (Å²) in [4.78, 5) is 2.35. The Balaban J connectivity index is 1.39. The summed E-state index contributed by atoms with van der Waals surface area (Å²) in [6, 6.07) is 16.3. The van der Waals surface area contributed by atoms with Crippen molar-refractivity contribution < 1.29 is 13.9 Å². The highest BCUT2D eigenvalue weighted by Gasteiger charge is 2.14. The van der Waals surface area contributed by atoms with E-state index in [0.717, 1.165) is 35.1 Å². The van der Waals surface area contributed by atoms with E-state index in [1.54, 1.807) is 19.2 Å². The normalized spacial score (nSPS) is 13.6. The maximum atomic E-state index is 14.0. The van der Waals surface area contributed by atoms with E-state index >= 15 is 0 Å². The lowest BCUT2D eigenvalue weighted by Crippen LogP contribution is -2.29. The molecule has 1 aliphatic heterocycles. The Bertz CT molecular complexity index is 1080. The first-order valence-corrected chi connectivity index (χ1v) is 11.8. The summed E-state index contributed by atoms with van der Waals surface area (Å²) in [7, 11) is 1.58. The quantitative estimate of drug-likeness (QED) is 0.360. The van der Waals surface area contributed by atoms with Gasteiger partial charge in [0.1, 0.15) is 12.4 Å². The molecule has 0 amide bonds. The Labute approximate surface area is 204 Å². The Hall–Kier alpha value is -2.63. The van der Waals surface area contributed by atoms with Crippen LogP contribution in [0.25, 0.3) is 0 Å². The highest BCUT2D eigenvalue weighted by Crippen LogP contribution is 2.32. The molecular formula is C26H27Cl2FN2O2. The number of methoxy groups -OCH3 is 1. The van der Waals surface area contributed by atoms with Gasteiger partial charge < -0.3 is 19.7 Å². The lowest BCUT2D eigenvalue weighted by atomic mass is 10.1. The van der Waals surface area contributed by atoms with E-state index in [2.05, 4.69) is 22.3 Å². The lowest BCUT2D eigenvalue weighted by molar-refractivity contribution is 0.279. The number of ether oxygens (including phenoxy) is 2. The predicted molar refractivity (Wildman–Crippen MR) is 134 cm³/mol. The maximum Gasteiger partial charge on any atom is 0.161 e. The molecule has 4 nitrogen and oxygen atoms in total. The van der Waals surface area contributed by atoms with Gasteiger partial charge in [-0.2, -0.15) is 0 Å². The lowest BCUT2D eigenvalue weighted by Gasteiger charge is -2.29. The number of piperidine rings is 1. The fraction of sp³-hybridized carbons (Fsp3) is 0.308. The molecule has 1 heterocycles. The van der Waals surface area contributed by atoms with Gasteiger partial charge in [-0.1, -0.05) is 35.3 Å². The van der Waals surface area contributed by atoms with Crippen molar-refractivity contribution in [2.24, 2.45) is 0 Å². The summed E-state index contributed by atoms with van der Waals surface area (Å²) in [6.45, 7) is 2.73. The Morgan fingerprint density at radius 2 is 1.76 bits per heavy atom. The minimum Gasteiger partial charge on any atom is -0.493 e. The summed E-state index contributed by atoms with van der Waals surface area (Å²) in [6.07, 6.45) is 3.72. The van der Waals surface area contributed by atoms with Crippen LogP contribution < -0.4 is 19.7 Å². The number of rotatable bonds is 8. The number of nitrogens with one attached hydrogen (secondary N) is 1. The maximum absolute atomic E-state index is 14.0. The molecule has 1 fully saturated rings. The summed E-state index contributed by atoms with van der Waals surface area (Å²) >= 11 is 12.7. The van der Waals surface area contributed by atoms with Crippen LogP contribution in [0.5, 0.6) is 11.5 Å². The van der Waals surface area contributed by atoms with Crippen LogP contribution in [0, 0.1) is 5.82 Å². The second kappa shape index (κ2) is 11.0. The molecule has 0 aromatic heterocycles. The van der Waals surface area contributed by atoms with Gasteiger partial charge in [0.05, 0.1) is 22.8 Å². The van der Waals surface area contributed by atoms with Crippen molar-refractivity contribution in [2.45, 2.75) is 32.4 Å². The topological polar surface area (TPSA) is 33.7 Å². The van der Waals surface area contributed by atoms with Crippen molar-refractivity contribution in [2.75, 3.05) is 30.4 Å². The number of nitrogens with zero attached hydrogens (tertiary/aromatic N) is 1. The van der Waals surface area contributed by atoms with Crippen LogP contribution in [-0.2, 0) is 13.2 Å². The van der Waals surface area contributed by atoms with Gasteiger partial charge >= 0.3 is 0 Å². The predicted octanol–water partition coefficient (Wildman–Crippen LogP) is 7.32. The molecule has 4 rings (SSSR count). The van der Waals surface area contributed by atoms with Gasteiger partial charge in [0.2, 0.25) is 0 Å². The van der Waals surface area contributed by atoms with E-state index in [1.165, 1.54) is 25.3 Å². The van der Waals surface area contributed by atoms with E-state index in [9.17, 15) is 4.39 Å². The second-order valence-corrected chi connectivity index (χ2v) is 8.86. The third-order valence-corrected chi connectivity index (χ3v) is 6.46. The van der Waals surface area contributed by atoms with E-state index in [0.29, 0.717) is 28.6 Å². The molecule has 1 saturated heterocycles. The summed E-state index contributed by atoms with van der Waals surface area (Å²) in [5.41, 5.74) is 3.38. The fourth-order valence-corrected chi connectivity index (χ4v) is 4.49. The fourth-order valence-electron chi connectivity index (χ4n) is 3.97. The zero-order chi connectivity index (χ0) is 23.2. The molecule has 0 spiro atoms. The largest absolute Gasteiger partial charge is 0.493 e. The first kappa shape index (κ1) is 23.5. The molecule has 0 saturated carbocycles. The molecule has 0 atom stereocenters. The van der Waals surface area contributed by atoms with Crippen LogP contribution in [0.1, 0.15) is 30.4 Å². The molecule has 1 aliphatic rings.